The van der Waals surface area contributed by atoms with E-state index in [0.29, 0.717) is 17.3 Å². The van der Waals surface area contributed by atoms with Crippen molar-refractivity contribution in [2.75, 3.05) is 11.9 Å². The van der Waals surface area contributed by atoms with Crippen LogP contribution in [0.5, 0.6) is 0 Å². The minimum atomic E-state index is -0.132. The van der Waals surface area contributed by atoms with E-state index in [9.17, 15) is 10.4 Å². The fourth-order valence-corrected chi connectivity index (χ4v) is 2.46. The van der Waals surface area contributed by atoms with Gasteiger partial charge in [-0.15, -0.1) is 5.10 Å². The fraction of sp³-hybridized carbons (Fsp3) is 0.643. The molecule has 1 heterocycles. The number of hydrogen-bond donors (Lipinski definition) is 2. The highest BCUT2D eigenvalue weighted by atomic mass is 16.3. The van der Waals surface area contributed by atoms with E-state index in [1.54, 1.807) is 0 Å². The quantitative estimate of drug-likeness (QED) is 0.867. The molecule has 0 unspecified atom stereocenters. The standard InChI is InChI=1S/C14H20N4O/c1-9-10(2)17-18-14(13(9)7-15)16-8-11-3-5-12(19)6-4-11/h11-12,19H,3-6,8H2,1-2H3,(H,16,18). The fourth-order valence-electron chi connectivity index (χ4n) is 2.46. The van der Waals surface area contributed by atoms with Crippen LogP contribution in [0.15, 0.2) is 0 Å². The van der Waals surface area contributed by atoms with Crippen molar-refractivity contribution in [1.29, 1.82) is 5.26 Å². The Labute approximate surface area is 113 Å². The summed E-state index contributed by atoms with van der Waals surface area (Å²) in [5, 5.41) is 30.1. The molecule has 1 aliphatic rings. The van der Waals surface area contributed by atoms with Gasteiger partial charge in [-0.2, -0.15) is 10.4 Å². The number of nitrogens with zero attached hydrogens (tertiary/aromatic N) is 3. The second-order valence-electron chi connectivity index (χ2n) is 5.30. The van der Waals surface area contributed by atoms with Crippen LogP contribution in [0.25, 0.3) is 0 Å². The minimum Gasteiger partial charge on any atom is -0.393 e. The van der Waals surface area contributed by atoms with Crippen LogP contribution >= 0.6 is 0 Å². The van der Waals surface area contributed by atoms with Gasteiger partial charge >= 0.3 is 0 Å². The van der Waals surface area contributed by atoms with Crippen LogP contribution in [0.1, 0.15) is 42.5 Å². The van der Waals surface area contributed by atoms with Crippen molar-refractivity contribution in [3.05, 3.63) is 16.8 Å². The zero-order valence-electron chi connectivity index (χ0n) is 11.5. The number of aliphatic hydroxyl groups excluding tert-OH is 1. The maximum atomic E-state index is 9.48. The van der Waals surface area contributed by atoms with E-state index in [1.165, 1.54) is 0 Å². The van der Waals surface area contributed by atoms with Crippen LogP contribution in [-0.4, -0.2) is 28.0 Å². The van der Waals surface area contributed by atoms with Gasteiger partial charge < -0.3 is 10.4 Å². The van der Waals surface area contributed by atoms with E-state index in [0.717, 1.165) is 43.5 Å². The lowest BCUT2D eigenvalue weighted by Gasteiger charge is -2.25. The molecular weight excluding hydrogens is 240 g/mol. The summed E-state index contributed by atoms with van der Waals surface area (Å²) < 4.78 is 0. The number of aliphatic hydroxyl groups is 1. The number of anilines is 1. The molecule has 0 atom stereocenters. The van der Waals surface area contributed by atoms with E-state index >= 15 is 0 Å². The number of nitrogens with one attached hydrogen (secondary N) is 1. The van der Waals surface area contributed by atoms with Gasteiger partial charge in [-0.05, 0) is 51.0 Å². The highest BCUT2D eigenvalue weighted by Gasteiger charge is 2.20. The first-order valence-corrected chi connectivity index (χ1v) is 6.77. The molecule has 0 amide bonds. The molecule has 1 aliphatic carbocycles. The van der Waals surface area contributed by atoms with Gasteiger partial charge in [0.15, 0.2) is 5.82 Å². The molecule has 0 saturated heterocycles. The van der Waals surface area contributed by atoms with Crippen molar-refractivity contribution in [2.24, 2.45) is 5.92 Å². The smallest absolute Gasteiger partial charge is 0.166 e. The molecule has 0 bridgehead atoms. The molecule has 1 saturated carbocycles. The monoisotopic (exact) mass is 260 g/mol. The minimum absolute atomic E-state index is 0.132. The Hall–Kier alpha value is -1.67. The van der Waals surface area contributed by atoms with E-state index in [2.05, 4.69) is 21.6 Å². The Kier molecular flexibility index (Phi) is 4.33. The summed E-state index contributed by atoms with van der Waals surface area (Å²) >= 11 is 0. The summed E-state index contributed by atoms with van der Waals surface area (Å²) in [5.74, 6) is 1.12. The second kappa shape index (κ2) is 5.98. The zero-order valence-corrected chi connectivity index (χ0v) is 11.5. The van der Waals surface area contributed by atoms with Crippen LogP contribution in [0.4, 0.5) is 5.82 Å². The third kappa shape index (κ3) is 3.21. The van der Waals surface area contributed by atoms with Crippen molar-refractivity contribution in [3.63, 3.8) is 0 Å². The SMILES string of the molecule is Cc1nnc(NCC2CCC(O)CC2)c(C#N)c1C. The highest BCUT2D eigenvalue weighted by Crippen LogP contribution is 2.25. The molecule has 0 radical (unpaired) electrons. The molecule has 1 aromatic heterocycles. The third-order valence-corrected chi connectivity index (χ3v) is 3.94. The lowest BCUT2D eigenvalue weighted by molar-refractivity contribution is 0.111. The maximum Gasteiger partial charge on any atom is 0.166 e. The number of aromatic nitrogens is 2. The van der Waals surface area contributed by atoms with Crippen molar-refractivity contribution in [1.82, 2.24) is 10.2 Å². The Morgan fingerprint density at radius 2 is 1.95 bits per heavy atom. The normalized spacial score (nSPS) is 22.8. The molecule has 1 aromatic rings. The first-order valence-electron chi connectivity index (χ1n) is 6.77. The summed E-state index contributed by atoms with van der Waals surface area (Å²) in [5.41, 5.74) is 2.27. The third-order valence-electron chi connectivity index (χ3n) is 3.94. The summed E-state index contributed by atoms with van der Waals surface area (Å²) in [6.45, 7) is 4.54. The molecule has 5 heteroatoms. The molecule has 19 heavy (non-hydrogen) atoms. The van der Waals surface area contributed by atoms with Gasteiger partial charge in [-0.25, -0.2) is 0 Å². The van der Waals surface area contributed by atoms with Crippen LogP contribution < -0.4 is 5.32 Å². The first-order chi connectivity index (χ1) is 9.11. The van der Waals surface area contributed by atoms with Crippen LogP contribution in [-0.2, 0) is 0 Å². The van der Waals surface area contributed by atoms with Gasteiger partial charge in [0.1, 0.15) is 11.6 Å². The zero-order chi connectivity index (χ0) is 13.8. The molecule has 102 valence electrons. The summed E-state index contributed by atoms with van der Waals surface area (Å²) in [7, 11) is 0. The van der Waals surface area contributed by atoms with Gasteiger partial charge in [0.25, 0.3) is 0 Å². The molecule has 0 aromatic carbocycles. The molecule has 2 rings (SSSR count). The van der Waals surface area contributed by atoms with Crippen LogP contribution in [0.3, 0.4) is 0 Å². The van der Waals surface area contributed by atoms with Crippen molar-refractivity contribution >= 4 is 5.82 Å². The largest absolute Gasteiger partial charge is 0.393 e. The molecule has 2 N–H and O–H groups in total. The predicted octanol–water partition coefficient (Wildman–Crippen LogP) is 1.93. The Balaban J connectivity index is 2.00. The summed E-state index contributed by atoms with van der Waals surface area (Å²) in [4.78, 5) is 0. The number of rotatable bonds is 3. The topological polar surface area (TPSA) is 81.8 Å². The Morgan fingerprint density at radius 3 is 2.58 bits per heavy atom. The lowest BCUT2D eigenvalue weighted by Crippen LogP contribution is -2.24. The van der Waals surface area contributed by atoms with Crippen LogP contribution in [0.2, 0.25) is 0 Å². The van der Waals surface area contributed by atoms with E-state index < -0.39 is 0 Å². The molecule has 5 nitrogen and oxygen atoms in total. The van der Waals surface area contributed by atoms with Gasteiger partial charge in [-0.1, -0.05) is 0 Å². The highest BCUT2D eigenvalue weighted by molar-refractivity contribution is 5.55. The molecule has 1 fully saturated rings. The van der Waals surface area contributed by atoms with Gasteiger partial charge in [0.2, 0.25) is 0 Å². The van der Waals surface area contributed by atoms with E-state index in [4.69, 9.17) is 0 Å². The van der Waals surface area contributed by atoms with Gasteiger partial charge in [-0.3, -0.25) is 0 Å². The van der Waals surface area contributed by atoms with Crippen molar-refractivity contribution in [2.45, 2.75) is 45.6 Å². The average molecular weight is 260 g/mol. The number of nitriles is 1. The predicted molar refractivity (Wildman–Crippen MR) is 72.7 cm³/mol. The second-order valence-corrected chi connectivity index (χ2v) is 5.30. The van der Waals surface area contributed by atoms with Gasteiger partial charge in [0.05, 0.1) is 11.8 Å². The first kappa shape index (κ1) is 13.8. The van der Waals surface area contributed by atoms with Crippen LogP contribution in [0, 0.1) is 31.1 Å². The average Bonchev–Trinajstić information content (AvgIpc) is 2.42. The van der Waals surface area contributed by atoms with E-state index in [1.807, 2.05) is 13.8 Å². The molecule has 0 aliphatic heterocycles. The van der Waals surface area contributed by atoms with Crippen molar-refractivity contribution < 1.29 is 5.11 Å². The Bertz CT molecular complexity index is 487. The Morgan fingerprint density at radius 1 is 1.26 bits per heavy atom. The lowest BCUT2D eigenvalue weighted by atomic mass is 9.87. The number of aryl methyl sites for hydroxylation is 1. The maximum absolute atomic E-state index is 9.48. The van der Waals surface area contributed by atoms with Crippen molar-refractivity contribution in [3.8, 4) is 6.07 Å². The summed E-state index contributed by atoms with van der Waals surface area (Å²) in [6, 6.07) is 2.19. The number of hydrogen-bond acceptors (Lipinski definition) is 5. The van der Waals surface area contributed by atoms with E-state index in [-0.39, 0.29) is 6.10 Å². The van der Waals surface area contributed by atoms with Gasteiger partial charge in [0, 0.05) is 6.54 Å². The molecule has 0 spiro atoms. The summed E-state index contributed by atoms with van der Waals surface area (Å²) in [6.07, 6.45) is 3.65. The molecular formula is C14H20N4O.